The summed E-state index contributed by atoms with van der Waals surface area (Å²) >= 11 is 1.43. The minimum atomic E-state index is -1.07. The average molecular weight is 658 g/mol. The van der Waals surface area contributed by atoms with Gasteiger partial charge in [0.1, 0.15) is 34.6 Å². The molecule has 11 nitrogen and oxygen atoms in total. The van der Waals surface area contributed by atoms with Crippen LogP contribution in [0.1, 0.15) is 16.6 Å². The van der Waals surface area contributed by atoms with Crippen molar-refractivity contribution in [2.45, 2.75) is 19.1 Å². The lowest BCUT2D eigenvalue weighted by Gasteiger charge is -2.30. The van der Waals surface area contributed by atoms with E-state index in [1.807, 2.05) is 84.2 Å². The number of carbonyl (C=O) groups is 2. The van der Waals surface area contributed by atoms with Crippen LogP contribution < -0.4 is 14.8 Å². The number of H-pyrrole nitrogens is 1. The number of hydrogen-bond donors (Lipinski definition) is 2. The second kappa shape index (κ2) is 13.4. The molecule has 0 radical (unpaired) electrons. The van der Waals surface area contributed by atoms with Crippen molar-refractivity contribution in [2.24, 2.45) is 0 Å². The molecule has 0 aliphatic heterocycles. The van der Waals surface area contributed by atoms with Crippen LogP contribution in [0.2, 0.25) is 0 Å². The van der Waals surface area contributed by atoms with Crippen molar-refractivity contribution >= 4 is 50.8 Å². The van der Waals surface area contributed by atoms with Gasteiger partial charge >= 0.3 is 0 Å². The third-order valence-electron chi connectivity index (χ3n) is 8.09. The van der Waals surface area contributed by atoms with Crippen LogP contribution in [0, 0.1) is 0 Å². The van der Waals surface area contributed by atoms with Gasteiger partial charge in [-0.3, -0.25) is 9.59 Å². The Morgan fingerprint density at radius 1 is 0.958 bits per heavy atom. The quantitative estimate of drug-likeness (QED) is 0.163. The van der Waals surface area contributed by atoms with Crippen molar-refractivity contribution in [2.75, 3.05) is 19.5 Å². The summed E-state index contributed by atoms with van der Waals surface area (Å²) in [5, 5.41) is 15.0. The first-order valence-corrected chi connectivity index (χ1v) is 16.1. The second-order valence-corrected chi connectivity index (χ2v) is 11.9. The van der Waals surface area contributed by atoms with Gasteiger partial charge in [0.05, 0.1) is 37.7 Å². The molecule has 12 heteroatoms. The number of anilines is 1. The number of nitrogens with zero attached hydrogens (tertiary/aromatic N) is 5. The van der Waals surface area contributed by atoms with E-state index < -0.39 is 11.9 Å². The normalized spacial score (nSPS) is 11.8. The first-order chi connectivity index (χ1) is 23.5. The lowest BCUT2D eigenvalue weighted by atomic mass is 10.0. The Morgan fingerprint density at radius 3 is 2.58 bits per heavy atom. The number of rotatable bonds is 11. The third-order valence-corrected chi connectivity index (χ3v) is 8.93. The highest BCUT2D eigenvalue weighted by Gasteiger charge is 2.35. The molecule has 0 saturated heterocycles. The number of hydrogen-bond acceptors (Lipinski definition) is 8. The fraction of sp³-hybridized carbons (Fsp3) is 0.139. The molecule has 0 saturated carbocycles. The van der Waals surface area contributed by atoms with E-state index in [4.69, 9.17) is 14.5 Å². The first kappa shape index (κ1) is 30.6. The average Bonchev–Trinajstić information content (AvgIpc) is 3.88. The van der Waals surface area contributed by atoms with Crippen LogP contribution in [0.25, 0.3) is 33.2 Å². The summed E-state index contributed by atoms with van der Waals surface area (Å²) in [6, 6.07) is 29.0. The summed E-state index contributed by atoms with van der Waals surface area (Å²) in [6.45, 7) is -0.0737. The number of aromatic amines is 1. The van der Waals surface area contributed by atoms with Crippen LogP contribution in [-0.4, -0.2) is 55.9 Å². The topological polar surface area (TPSA) is 127 Å². The molecule has 0 bridgehead atoms. The van der Waals surface area contributed by atoms with E-state index in [2.05, 4.69) is 20.6 Å². The van der Waals surface area contributed by atoms with Crippen molar-refractivity contribution in [3.05, 3.63) is 119 Å². The molecule has 3 aromatic heterocycles. The lowest BCUT2D eigenvalue weighted by molar-refractivity contribution is -0.140. The first-order valence-electron chi connectivity index (χ1n) is 15.2. The van der Waals surface area contributed by atoms with Crippen molar-refractivity contribution in [3.63, 3.8) is 0 Å². The number of nitrogens with one attached hydrogen (secondary N) is 2. The zero-order chi connectivity index (χ0) is 33.0. The highest BCUT2D eigenvalue weighted by atomic mass is 32.1. The van der Waals surface area contributed by atoms with Gasteiger partial charge in [0, 0.05) is 39.7 Å². The van der Waals surface area contributed by atoms with Crippen molar-refractivity contribution in [1.82, 2.24) is 29.9 Å². The number of benzene rings is 4. The van der Waals surface area contributed by atoms with E-state index in [1.54, 1.807) is 41.1 Å². The highest BCUT2D eigenvalue weighted by Crippen LogP contribution is 2.35. The van der Waals surface area contributed by atoms with Crippen LogP contribution in [-0.2, 0) is 22.7 Å². The monoisotopic (exact) mass is 657 g/mol. The number of aromatic nitrogens is 5. The molecule has 0 fully saturated rings. The molecule has 0 aliphatic carbocycles. The van der Waals surface area contributed by atoms with Crippen LogP contribution in [0.5, 0.6) is 11.5 Å². The molecular formula is C36H31N7O4S. The standard InChI is InChI=1S/C36H31N7O4S/c1-46-24-16-17-29(32(18-24)47-2)39-36(45)35(26-19-37-27-13-7-6-12-25(26)27)42(20-33-38-30(22-48-33)23-10-4-3-5-11-23)34(44)21-43-31-15-9-8-14-28(31)40-41-43/h3-19,22,35,37H,20-21H2,1-2H3,(H,39,45). The Labute approximate surface area is 279 Å². The molecule has 2 N–H and O–H groups in total. The minimum Gasteiger partial charge on any atom is -0.497 e. The Kier molecular flexibility index (Phi) is 8.54. The SMILES string of the molecule is COc1ccc(NC(=O)C(c2c[nH]c3ccccc23)N(Cc2nc(-c3ccccc3)cs2)C(=O)Cn2nnc3ccccc32)c(OC)c1. The Morgan fingerprint density at radius 2 is 1.75 bits per heavy atom. The van der Waals surface area contributed by atoms with E-state index in [1.165, 1.54) is 18.4 Å². The predicted octanol–water partition coefficient (Wildman–Crippen LogP) is 6.46. The summed E-state index contributed by atoms with van der Waals surface area (Å²) in [6.07, 6.45) is 1.78. The van der Waals surface area contributed by atoms with E-state index in [-0.39, 0.29) is 19.0 Å². The number of methoxy groups -OCH3 is 2. The molecule has 4 aromatic carbocycles. The largest absolute Gasteiger partial charge is 0.497 e. The van der Waals surface area contributed by atoms with E-state index in [0.29, 0.717) is 38.8 Å². The molecule has 240 valence electrons. The number of thiazole rings is 1. The Hall–Kier alpha value is -6.01. The summed E-state index contributed by atoms with van der Waals surface area (Å²) < 4.78 is 12.5. The lowest BCUT2D eigenvalue weighted by Crippen LogP contribution is -2.42. The zero-order valence-corrected chi connectivity index (χ0v) is 27.0. The molecule has 0 aliphatic rings. The summed E-state index contributed by atoms with van der Waals surface area (Å²) in [5.41, 5.74) is 5.04. The number of amides is 2. The fourth-order valence-electron chi connectivity index (χ4n) is 5.72. The van der Waals surface area contributed by atoms with E-state index in [0.717, 1.165) is 22.2 Å². The molecule has 48 heavy (non-hydrogen) atoms. The van der Waals surface area contributed by atoms with Crippen LogP contribution in [0.15, 0.2) is 109 Å². The van der Waals surface area contributed by atoms with Crippen molar-refractivity contribution in [1.29, 1.82) is 0 Å². The van der Waals surface area contributed by atoms with Crippen LogP contribution in [0.4, 0.5) is 5.69 Å². The molecule has 1 unspecified atom stereocenters. The number of para-hydroxylation sites is 2. The van der Waals surface area contributed by atoms with Crippen molar-refractivity contribution in [3.8, 4) is 22.8 Å². The van der Waals surface area contributed by atoms with E-state index in [9.17, 15) is 9.59 Å². The van der Waals surface area contributed by atoms with E-state index >= 15 is 0 Å². The molecule has 2 amide bonds. The predicted molar refractivity (Wildman–Crippen MR) is 185 cm³/mol. The van der Waals surface area contributed by atoms with Gasteiger partial charge in [-0.1, -0.05) is 65.9 Å². The van der Waals surface area contributed by atoms with Gasteiger partial charge in [0.25, 0.3) is 5.91 Å². The Bertz CT molecular complexity index is 2230. The maximum atomic E-state index is 14.6. The molecule has 3 heterocycles. The van der Waals surface area contributed by atoms with Gasteiger partial charge in [-0.2, -0.15) is 0 Å². The van der Waals surface area contributed by atoms with Crippen LogP contribution in [0.3, 0.4) is 0 Å². The summed E-state index contributed by atoms with van der Waals surface area (Å²) in [5.74, 6) is 0.224. The van der Waals surface area contributed by atoms with Gasteiger partial charge in [-0.25, -0.2) is 9.67 Å². The molecule has 0 spiro atoms. The maximum absolute atomic E-state index is 14.6. The van der Waals surface area contributed by atoms with Gasteiger partial charge in [-0.15, -0.1) is 16.4 Å². The van der Waals surface area contributed by atoms with Gasteiger partial charge in [0.15, 0.2) is 0 Å². The number of carbonyl (C=O) groups excluding carboxylic acids is 2. The summed E-state index contributed by atoms with van der Waals surface area (Å²) in [7, 11) is 3.08. The fourth-order valence-corrected chi connectivity index (χ4v) is 6.52. The maximum Gasteiger partial charge on any atom is 0.252 e. The van der Waals surface area contributed by atoms with Crippen molar-refractivity contribution < 1.29 is 19.1 Å². The number of fused-ring (bicyclic) bond motifs is 2. The second-order valence-electron chi connectivity index (χ2n) is 11.0. The smallest absolute Gasteiger partial charge is 0.252 e. The minimum absolute atomic E-state index is 0.0697. The molecule has 7 aromatic rings. The highest BCUT2D eigenvalue weighted by molar-refractivity contribution is 7.09. The Balaban J connectivity index is 1.32. The number of ether oxygens (including phenoxy) is 2. The van der Waals surface area contributed by atoms with Crippen LogP contribution >= 0.6 is 11.3 Å². The zero-order valence-electron chi connectivity index (χ0n) is 26.2. The van der Waals surface area contributed by atoms with Gasteiger partial charge in [-0.05, 0) is 30.3 Å². The van der Waals surface area contributed by atoms with Gasteiger partial charge < -0.3 is 24.7 Å². The molecule has 1 atom stereocenters. The summed E-state index contributed by atoms with van der Waals surface area (Å²) in [4.78, 5) is 38.9. The van der Waals surface area contributed by atoms with Gasteiger partial charge in [0.2, 0.25) is 5.91 Å². The molecular weight excluding hydrogens is 627 g/mol. The third kappa shape index (κ3) is 6.08. The molecule has 7 rings (SSSR count).